The Labute approximate surface area is 140 Å². The molecule has 2 aliphatic carbocycles. The van der Waals surface area contributed by atoms with Gasteiger partial charge >= 0.3 is 6.18 Å². The minimum atomic E-state index is -4.58. The maximum atomic E-state index is 12.9. The molecule has 0 aliphatic heterocycles. The predicted octanol–water partition coefficient (Wildman–Crippen LogP) is 3.14. The zero-order valence-corrected chi connectivity index (χ0v) is 13.0. The summed E-state index contributed by atoms with van der Waals surface area (Å²) in [6.45, 7) is 0.700. The van der Waals surface area contributed by atoms with Gasteiger partial charge in [0.25, 0.3) is 5.82 Å². The van der Waals surface area contributed by atoms with Crippen LogP contribution in [0.5, 0.6) is 0 Å². The normalized spacial score (nSPS) is 24.2. The fraction of sp³-hybridized carbons (Fsp3) is 0.353. The van der Waals surface area contributed by atoms with Gasteiger partial charge in [-0.25, -0.2) is 0 Å². The molecule has 1 aromatic carbocycles. The molecule has 0 saturated heterocycles. The Bertz CT molecular complexity index is 964. The number of anilines is 1. The second-order valence-electron chi connectivity index (χ2n) is 6.65. The van der Waals surface area contributed by atoms with Crippen LogP contribution in [-0.4, -0.2) is 26.4 Å². The van der Waals surface area contributed by atoms with Crippen LogP contribution < -0.4 is 5.32 Å². The highest BCUT2D eigenvalue weighted by atomic mass is 19.4. The summed E-state index contributed by atoms with van der Waals surface area (Å²) in [5.41, 5.74) is 2.92. The van der Waals surface area contributed by atoms with Gasteiger partial charge in [0.15, 0.2) is 5.65 Å². The summed E-state index contributed by atoms with van der Waals surface area (Å²) in [6, 6.07) is 11.6. The molecule has 1 saturated carbocycles. The smallest absolute Gasteiger partial charge is 0.368 e. The molecule has 2 aromatic heterocycles. The minimum Gasteiger partial charge on any atom is -0.368 e. The van der Waals surface area contributed by atoms with Crippen molar-refractivity contribution < 1.29 is 13.2 Å². The van der Waals surface area contributed by atoms with Crippen LogP contribution in [0.2, 0.25) is 0 Å². The van der Waals surface area contributed by atoms with Gasteiger partial charge in [0, 0.05) is 6.54 Å². The SMILES string of the molecule is FC(F)(F)c1nnc2ccc(NCC3C4Cc5ccccc5C34)nn12. The number of rotatable bonds is 3. The second-order valence-corrected chi connectivity index (χ2v) is 6.65. The summed E-state index contributed by atoms with van der Waals surface area (Å²) < 4.78 is 39.5. The third-order valence-corrected chi connectivity index (χ3v) is 5.24. The molecule has 3 unspecified atom stereocenters. The van der Waals surface area contributed by atoms with Crippen LogP contribution in [0.15, 0.2) is 36.4 Å². The van der Waals surface area contributed by atoms with E-state index >= 15 is 0 Å². The van der Waals surface area contributed by atoms with E-state index in [0.717, 1.165) is 10.9 Å². The molecule has 128 valence electrons. The van der Waals surface area contributed by atoms with E-state index in [9.17, 15) is 13.2 Å². The molecule has 0 amide bonds. The highest BCUT2D eigenvalue weighted by Gasteiger charge is 2.54. The number of alkyl halides is 3. The van der Waals surface area contributed by atoms with Crippen molar-refractivity contribution in [1.82, 2.24) is 19.8 Å². The predicted molar refractivity (Wildman–Crippen MR) is 84.1 cm³/mol. The average Bonchev–Trinajstić information content (AvgIpc) is 2.94. The molecule has 8 heteroatoms. The lowest BCUT2D eigenvalue weighted by Gasteiger charge is -2.10. The van der Waals surface area contributed by atoms with Gasteiger partial charge in [0.2, 0.25) is 0 Å². The monoisotopic (exact) mass is 345 g/mol. The van der Waals surface area contributed by atoms with Crippen LogP contribution in [-0.2, 0) is 12.6 Å². The highest BCUT2D eigenvalue weighted by Crippen LogP contribution is 2.61. The molecular weight excluding hydrogens is 331 g/mol. The lowest BCUT2D eigenvalue weighted by molar-refractivity contribution is -0.146. The second kappa shape index (κ2) is 4.93. The lowest BCUT2D eigenvalue weighted by atomic mass is 10.0. The van der Waals surface area contributed by atoms with Crippen molar-refractivity contribution in [1.29, 1.82) is 0 Å². The van der Waals surface area contributed by atoms with Crippen molar-refractivity contribution in [2.45, 2.75) is 18.5 Å². The quantitative estimate of drug-likeness (QED) is 0.792. The molecule has 2 heterocycles. The Balaban J connectivity index is 1.33. The Morgan fingerprint density at radius 1 is 1.12 bits per heavy atom. The number of fused-ring (bicyclic) bond motifs is 4. The molecular formula is C17H14F3N5. The number of aromatic nitrogens is 4. The van der Waals surface area contributed by atoms with Gasteiger partial charge in [0.05, 0.1) is 0 Å². The average molecular weight is 345 g/mol. The van der Waals surface area contributed by atoms with Crippen molar-refractivity contribution in [3.63, 3.8) is 0 Å². The van der Waals surface area contributed by atoms with Gasteiger partial charge in [-0.15, -0.1) is 15.3 Å². The highest BCUT2D eigenvalue weighted by molar-refractivity contribution is 5.46. The minimum absolute atomic E-state index is 0.0788. The molecule has 5 rings (SSSR count). The zero-order valence-electron chi connectivity index (χ0n) is 13.0. The van der Waals surface area contributed by atoms with Crippen LogP contribution >= 0.6 is 0 Å². The number of halogens is 3. The Morgan fingerprint density at radius 2 is 1.96 bits per heavy atom. The molecule has 0 spiro atoms. The Kier molecular flexibility index (Phi) is 2.90. The molecule has 3 aromatic rings. The summed E-state index contributed by atoms with van der Waals surface area (Å²) in [7, 11) is 0. The van der Waals surface area contributed by atoms with E-state index in [1.807, 2.05) is 0 Å². The van der Waals surface area contributed by atoms with E-state index in [1.54, 1.807) is 6.07 Å². The van der Waals surface area contributed by atoms with Crippen LogP contribution in [0.4, 0.5) is 19.0 Å². The van der Waals surface area contributed by atoms with Gasteiger partial charge in [0.1, 0.15) is 5.82 Å². The third-order valence-electron chi connectivity index (χ3n) is 5.24. The van der Waals surface area contributed by atoms with E-state index < -0.39 is 12.0 Å². The molecule has 5 nitrogen and oxygen atoms in total. The molecule has 2 aliphatic rings. The number of hydrogen-bond acceptors (Lipinski definition) is 4. The van der Waals surface area contributed by atoms with E-state index in [-0.39, 0.29) is 5.65 Å². The van der Waals surface area contributed by atoms with Crippen molar-refractivity contribution >= 4 is 11.5 Å². The number of hydrogen-bond donors (Lipinski definition) is 1. The standard InChI is InChI=1S/C17H14F3N5/c18-17(19,20)16-23-22-14-6-5-13(24-25(14)16)21-8-12-11-7-9-3-1-2-4-10(9)15(11)12/h1-6,11-12,15H,7-8H2,(H,21,24). The molecule has 1 fully saturated rings. The summed E-state index contributed by atoms with van der Waals surface area (Å²) in [6.07, 6.45) is -3.49. The van der Waals surface area contributed by atoms with Crippen LogP contribution in [0.1, 0.15) is 22.9 Å². The van der Waals surface area contributed by atoms with E-state index in [1.165, 1.54) is 17.2 Å². The fourth-order valence-corrected chi connectivity index (χ4v) is 4.04. The fourth-order valence-electron chi connectivity index (χ4n) is 4.04. The molecule has 25 heavy (non-hydrogen) atoms. The maximum absolute atomic E-state index is 12.9. The first-order valence-corrected chi connectivity index (χ1v) is 8.14. The topological polar surface area (TPSA) is 55.1 Å². The van der Waals surface area contributed by atoms with Gasteiger partial charge < -0.3 is 5.32 Å². The van der Waals surface area contributed by atoms with Crippen molar-refractivity contribution in [3.05, 3.63) is 53.3 Å². The third kappa shape index (κ3) is 2.27. The number of nitrogens with one attached hydrogen (secondary N) is 1. The van der Waals surface area contributed by atoms with Crippen molar-refractivity contribution in [2.24, 2.45) is 11.8 Å². The van der Waals surface area contributed by atoms with Crippen molar-refractivity contribution in [3.8, 4) is 0 Å². The Hall–Kier alpha value is -2.64. The summed E-state index contributed by atoms with van der Waals surface area (Å²) >= 11 is 0. The molecule has 0 bridgehead atoms. The maximum Gasteiger partial charge on any atom is 0.453 e. The molecule has 1 N–H and O–H groups in total. The van der Waals surface area contributed by atoms with E-state index in [0.29, 0.717) is 30.1 Å². The lowest BCUT2D eigenvalue weighted by Crippen LogP contribution is -2.14. The van der Waals surface area contributed by atoms with E-state index in [2.05, 4.69) is 44.9 Å². The van der Waals surface area contributed by atoms with Gasteiger partial charge in [-0.3, -0.25) is 0 Å². The van der Waals surface area contributed by atoms with Crippen LogP contribution in [0.3, 0.4) is 0 Å². The van der Waals surface area contributed by atoms with Gasteiger partial charge in [-0.05, 0) is 47.4 Å². The van der Waals surface area contributed by atoms with Crippen molar-refractivity contribution in [2.75, 3.05) is 11.9 Å². The first-order valence-electron chi connectivity index (χ1n) is 8.14. The number of benzene rings is 1. The largest absolute Gasteiger partial charge is 0.453 e. The summed E-state index contributed by atoms with van der Waals surface area (Å²) in [5, 5.41) is 13.9. The number of nitrogens with zero attached hydrogens (tertiary/aromatic N) is 4. The first-order chi connectivity index (χ1) is 12.0. The molecule has 0 radical (unpaired) electrons. The summed E-state index contributed by atoms with van der Waals surface area (Å²) in [4.78, 5) is 0. The van der Waals surface area contributed by atoms with Crippen LogP contribution in [0, 0.1) is 11.8 Å². The first kappa shape index (κ1) is 14.7. The van der Waals surface area contributed by atoms with E-state index in [4.69, 9.17) is 0 Å². The van der Waals surface area contributed by atoms with Crippen LogP contribution in [0.25, 0.3) is 5.65 Å². The summed E-state index contributed by atoms with van der Waals surface area (Å²) in [5.74, 6) is 0.997. The molecule has 3 atom stereocenters. The zero-order chi connectivity index (χ0) is 17.2. The van der Waals surface area contributed by atoms with Gasteiger partial charge in [-0.1, -0.05) is 24.3 Å². The Morgan fingerprint density at radius 3 is 2.80 bits per heavy atom. The van der Waals surface area contributed by atoms with Gasteiger partial charge in [-0.2, -0.15) is 17.7 Å².